The minimum atomic E-state index is -0.590. The van der Waals surface area contributed by atoms with E-state index in [1.54, 1.807) is 36.4 Å². The fourth-order valence-electron chi connectivity index (χ4n) is 1.88. The molecule has 0 heterocycles. The lowest BCUT2D eigenvalue weighted by Crippen LogP contribution is -2.14. The summed E-state index contributed by atoms with van der Waals surface area (Å²) in [6, 6.07) is 9.95. The summed E-state index contributed by atoms with van der Waals surface area (Å²) in [5.74, 6) is 0.0361. The summed E-state index contributed by atoms with van der Waals surface area (Å²) in [6.45, 7) is 3.74. The van der Waals surface area contributed by atoms with E-state index in [0.29, 0.717) is 12.0 Å². The molecule has 0 aromatic heterocycles. The molecule has 0 spiro atoms. The largest absolute Gasteiger partial charge is 0.490 e. The van der Waals surface area contributed by atoms with Crippen molar-refractivity contribution < 1.29 is 19.1 Å². The first kappa shape index (κ1) is 17.7. The number of carbonyl (C=O) groups excluding carboxylic acids is 2. The van der Waals surface area contributed by atoms with Crippen molar-refractivity contribution in [2.75, 3.05) is 0 Å². The summed E-state index contributed by atoms with van der Waals surface area (Å²) in [5, 5.41) is 0. The third-order valence-corrected chi connectivity index (χ3v) is 3.81. The second kappa shape index (κ2) is 7.75. The molecule has 0 aliphatic carbocycles. The van der Waals surface area contributed by atoms with E-state index in [1.807, 2.05) is 13.8 Å². The van der Waals surface area contributed by atoms with Crippen molar-refractivity contribution in [2.45, 2.75) is 20.0 Å². The molecule has 120 valence electrons. The summed E-state index contributed by atoms with van der Waals surface area (Å²) in [6.07, 6.45) is 0.556. The highest BCUT2D eigenvalue weighted by Gasteiger charge is 2.18. The highest BCUT2D eigenvalue weighted by molar-refractivity contribution is 9.10. The van der Waals surface area contributed by atoms with Gasteiger partial charge in [0.1, 0.15) is 17.1 Å². The van der Waals surface area contributed by atoms with Crippen molar-refractivity contribution in [3.63, 3.8) is 0 Å². The highest BCUT2D eigenvalue weighted by Crippen LogP contribution is 2.27. The molecule has 0 amide bonds. The fraction of sp³-hybridized carbons (Fsp3) is 0.176. The molecule has 0 aliphatic rings. The zero-order chi connectivity index (χ0) is 17.0. The summed E-state index contributed by atoms with van der Waals surface area (Å²) >= 11 is 6.60. The standard InChI is InChI=1S/C17H14Br2O4/c1-10(2)22-16-6-4-13(19)8-14(16)17(21)23-15-5-3-12(18)7-11(15)9-20/h3-10H,1-2H3. The molecule has 0 unspecified atom stereocenters. The van der Waals surface area contributed by atoms with Gasteiger partial charge in [-0.25, -0.2) is 4.79 Å². The van der Waals surface area contributed by atoms with E-state index < -0.39 is 5.97 Å². The Morgan fingerprint density at radius 1 is 1.04 bits per heavy atom. The third kappa shape index (κ3) is 4.65. The third-order valence-electron chi connectivity index (χ3n) is 2.83. The lowest BCUT2D eigenvalue weighted by atomic mass is 10.2. The maximum atomic E-state index is 12.5. The fourth-order valence-corrected chi connectivity index (χ4v) is 2.62. The zero-order valence-electron chi connectivity index (χ0n) is 12.5. The van der Waals surface area contributed by atoms with Gasteiger partial charge in [-0.2, -0.15) is 0 Å². The van der Waals surface area contributed by atoms with Gasteiger partial charge in [-0.3, -0.25) is 4.79 Å². The number of rotatable bonds is 5. The van der Waals surface area contributed by atoms with Gasteiger partial charge in [0.05, 0.1) is 11.7 Å². The maximum absolute atomic E-state index is 12.5. The monoisotopic (exact) mass is 440 g/mol. The predicted octanol–water partition coefficient (Wildman–Crippen LogP) is 5.03. The Kier molecular flexibility index (Phi) is 5.96. The van der Waals surface area contributed by atoms with Gasteiger partial charge in [-0.1, -0.05) is 31.9 Å². The van der Waals surface area contributed by atoms with Crippen molar-refractivity contribution in [3.8, 4) is 11.5 Å². The van der Waals surface area contributed by atoms with Crippen molar-refractivity contribution in [2.24, 2.45) is 0 Å². The predicted molar refractivity (Wildman–Crippen MR) is 94.4 cm³/mol. The average Bonchev–Trinajstić information content (AvgIpc) is 2.50. The van der Waals surface area contributed by atoms with Crippen LogP contribution in [0.25, 0.3) is 0 Å². The van der Waals surface area contributed by atoms with E-state index in [1.165, 1.54) is 0 Å². The first-order valence-electron chi connectivity index (χ1n) is 6.84. The Labute approximate surface area is 151 Å². The Hall–Kier alpha value is -1.66. The van der Waals surface area contributed by atoms with Crippen LogP contribution >= 0.6 is 31.9 Å². The normalized spacial score (nSPS) is 10.5. The molecule has 2 aromatic carbocycles. The second-order valence-corrected chi connectivity index (χ2v) is 6.83. The van der Waals surface area contributed by atoms with Crippen LogP contribution in [0.15, 0.2) is 45.3 Å². The summed E-state index contributed by atoms with van der Waals surface area (Å²) in [4.78, 5) is 23.6. The quantitative estimate of drug-likeness (QED) is 0.371. The van der Waals surface area contributed by atoms with E-state index in [2.05, 4.69) is 31.9 Å². The molecular formula is C17H14Br2O4. The Balaban J connectivity index is 2.34. The molecule has 6 heteroatoms. The number of esters is 1. The van der Waals surface area contributed by atoms with Crippen LogP contribution in [0.1, 0.15) is 34.6 Å². The number of ether oxygens (including phenoxy) is 2. The SMILES string of the molecule is CC(C)Oc1ccc(Br)cc1C(=O)Oc1ccc(Br)cc1C=O. The zero-order valence-corrected chi connectivity index (χ0v) is 15.7. The molecule has 4 nitrogen and oxygen atoms in total. The van der Waals surface area contributed by atoms with Gasteiger partial charge in [-0.15, -0.1) is 0 Å². The van der Waals surface area contributed by atoms with Crippen molar-refractivity contribution >= 4 is 44.1 Å². The van der Waals surface area contributed by atoms with Crippen LogP contribution in [0.4, 0.5) is 0 Å². The minimum absolute atomic E-state index is 0.0825. The molecule has 23 heavy (non-hydrogen) atoms. The Morgan fingerprint density at radius 3 is 2.26 bits per heavy atom. The number of benzene rings is 2. The van der Waals surface area contributed by atoms with Crippen LogP contribution in [-0.2, 0) is 0 Å². The van der Waals surface area contributed by atoms with E-state index in [4.69, 9.17) is 9.47 Å². The number of hydrogen-bond acceptors (Lipinski definition) is 4. The molecule has 2 rings (SSSR count). The Morgan fingerprint density at radius 2 is 1.65 bits per heavy atom. The van der Waals surface area contributed by atoms with Crippen molar-refractivity contribution in [1.29, 1.82) is 0 Å². The van der Waals surface area contributed by atoms with Crippen molar-refractivity contribution in [3.05, 3.63) is 56.5 Å². The van der Waals surface area contributed by atoms with Crippen LogP contribution in [0, 0.1) is 0 Å². The summed E-state index contributed by atoms with van der Waals surface area (Å²) in [5.41, 5.74) is 0.571. The summed E-state index contributed by atoms with van der Waals surface area (Å²) in [7, 11) is 0. The van der Waals surface area contributed by atoms with Gasteiger partial charge in [0.15, 0.2) is 6.29 Å². The molecule has 0 atom stereocenters. The summed E-state index contributed by atoms with van der Waals surface area (Å²) < 4.78 is 12.5. The van der Waals surface area contributed by atoms with Gasteiger partial charge in [-0.05, 0) is 50.2 Å². The van der Waals surface area contributed by atoms with E-state index >= 15 is 0 Å². The molecule has 0 saturated heterocycles. The van der Waals surface area contributed by atoms with Crippen molar-refractivity contribution in [1.82, 2.24) is 0 Å². The molecule has 0 saturated carbocycles. The van der Waals surface area contributed by atoms with E-state index in [0.717, 1.165) is 8.95 Å². The van der Waals surface area contributed by atoms with Gasteiger partial charge < -0.3 is 9.47 Å². The number of carbonyl (C=O) groups is 2. The van der Waals surface area contributed by atoms with Crippen LogP contribution in [-0.4, -0.2) is 18.4 Å². The van der Waals surface area contributed by atoms with E-state index in [-0.39, 0.29) is 23.0 Å². The van der Waals surface area contributed by atoms with Crippen LogP contribution in [0.3, 0.4) is 0 Å². The lowest BCUT2D eigenvalue weighted by molar-refractivity contribution is 0.0727. The second-order valence-electron chi connectivity index (χ2n) is 5.00. The van der Waals surface area contributed by atoms with Gasteiger partial charge in [0.2, 0.25) is 0 Å². The molecular weight excluding hydrogens is 428 g/mol. The molecule has 0 aliphatic heterocycles. The van der Waals surface area contributed by atoms with Crippen LogP contribution < -0.4 is 9.47 Å². The van der Waals surface area contributed by atoms with Gasteiger partial charge >= 0.3 is 5.97 Å². The first-order chi connectivity index (χ1) is 10.9. The minimum Gasteiger partial charge on any atom is -0.490 e. The smallest absolute Gasteiger partial charge is 0.347 e. The van der Waals surface area contributed by atoms with Gasteiger partial charge in [0, 0.05) is 8.95 Å². The van der Waals surface area contributed by atoms with Crippen LogP contribution in [0.5, 0.6) is 11.5 Å². The maximum Gasteiger partial charge on any atom is 0.347 e. The molecule has 0 bridgehead atoms. The molecule has 2 aromatic rings. The number of aldehydes is 1. The highest BCUT2D eigenvalue weighted by atomic mass is 79.9. The first-order valence-corrected chi connectivity index (χ1v) is 8.42. The topological polar surface area (TPSA) is 52.6 Å². The molecule has 0 fully saturated rings. The Bertz CT molecular complexity index is 741. The molecule has 0 radical (unpaired) electrons. The van der Waals surface area contributed by atoms with Gasteiger partial charge in [0.25, 0.3) is 0 Å². The average molecular weight is 442 g/mol. The number of halogens is 2. The molecule has 0 N–H and O–H groups in total. The number of hydrogen-bond donors (Lipinski definition) is 0. The lowest BCUT2D eigenvalue weighted by Gasteiger charge is -2.14. The van der Waals surface area contributed by atoms with Crippen LogP contribution in [0.2, 0.25) is 0 Å². The van der Waals surface area contributed by atoms with E-state index in [9.17, 15) is 9.59 Å².